The van der Waals surface area contributed by atoms with Crippen LogP contribution in [0.15, 0.2) is 24.8 Å². The van der Waals surface area contributed by atoms with Crippen LogP contribution in [-0.2, 0) is 13.1 Å². The smallest absolute Gasteiger partial charge is 0.129 e. The summed E-state index contributed by atoms with van der Waals surface area (Å²) in [6.45, 7) is 4.11. The molecule has 2 aromatic rings. The quantitative estimate of drug-likeness (QED) is 0.741. The molecule has 96 valence electrons. The largest absolute Gasteiger partial charge is 0.370 e. The van der Waals surface area contributed by atoms with Crippen molar-refractivity contribution < 1.29 is 0 Å². The lowest BCUT2D eigenvalue weighted by Crippen LogP contribution is -2.10. The van der Waals surface area contributed by atoms with Crippen molar-refractivity contribution in [3.8, 4) is 0 Å². The number of aromatic nitrogens is 4. The first kappa shape index (κ1) is 12.5. The number of nitrogens with two attached hydrogens (primary N) is 1. The van der Waals surface area contributed by atoms with Gasteiger partial charge in [-0.15, -0.1) is 0 Å². The molecule has 3 N–H and O–H groups in total. The SMILES string of the molecule is Cc1nc(CN)cc(NCCCn2ccnc2)n1. The van der Waals surface area contributed by atoms with Crippen molar-refractivity contribution in [1.82, 2.24) is 19.5 Å². The molecule has 0 saturated heterocycles. The van der Waals surface area contributed by atoms with E-state index in [1.54, 1.807) is 6.20 Å². The first-order chi connectivity index (χ1) is 8.78. The maximum Gasteiger partial charge on any atom is 0.129 e. The van der Waals surface area contributed by atoms with Crippen LogP contribution in [0.2, 0.25) is 0 Å². The van der Waals surface area contributed by atoms with E-state index in [1.807, 2.05) is 25.5 Å². The Balaban J connectivity index is 1.81. The molecule has 2 rings (SSSR count). The van der Waals surface area contributed by atoms with Gasteiger partial charge in [-0.2, -0.15) is 0 Å². The van der Waals surface area contributed by atoms with Gasteiger partial charge >= 0.3 is 0 Å². The fraction of sp³-hybridized carbons (Fsp3) is 0.417. The molecule has 0 aliphatic carbocycles. The Morgan fingerprint density at radius 1 is 1.39 bits per heavy atom. The Labute approximate surface area is 106 Å². The first-order valence-corrected chi connectivity index (χ1v) is 6.02. The third-order valence-corrected chi connectivity index (χ3v) is 2.56. The Morgan fingerprint density at radius 2 is 2.28 bits per heavy atom. The fourth-order valence-electron chi connectivity index (χ4n) is 1.72. The van der Waals surface area contributed by atoms with Gasteiger partial charge in [0.2, 0.25) is 0 Å². The van der Waals surface area contributed by atoms with Crippen LogP contribution < -0.4 is 11.1 Å². The van der Waals surface area contributed by atoms with Crippen molar-refractivity contribution >= 4 is 5.82 Å². The van der Waals surface area contributed by atoms with E-state index in [2.05, 4.69) is 24.8 Å². The molecule has 0 aromatic carbocycles. The molecule has 2 heterocycles. The van der Waals surface area contributed by atoms with Gasteiger partial charge < -0.3 is 15.6 Å². The normalized spacial score (nSPS) is 10.6. The number of anilines is 1. The fourth-order valence-corrected chi connectivity index (χ4v) is 1.72. The van der Waals surface area contributed by atoms with Crippen LogP contribution in [0.1, 0.15) is 17.9 Å². The summed E-state index contributed by atoms with van der Waals surface area (Å²) < 4.78 is 2.05. The van der Waals surface area contributed by atoms with Crippen LogP contribution in [0.4, 0.5) is 5.82 Å². The van der Waals surface area contributed by atoms with Crippen molar-refractivity contribution in [2.75, 3.05) is 11.9 Å². The number of nitrogens with one attached hydrogen (secondary N) is 1. The minimum absolute atomic E-state index is 0.438. The van der Waals surface area contributed by atoms with Crippen LogP contribution in [-0.4, -0.2) is 26.1 Å². The van der Waals surface area contributed by atoms with Crippen LogP contribution in [0, 0.1) is 6.92 Å². The zero-order chi connectivity index (χ0) is 12.8. The van der Waals surface area contributed by atoms with E-state index in [-0.39, 0.29) is 0 Å². The van der Waals surface area contributed by atoms with E-state index >= 15 is 0 Å². The van der Waals surface area contributed by atoms with Crippen molar-refractivity contribution in [1.29, 1.82) is 0 Å². The van der Waals surface area contributed by atoms with Crippen LogP contribution in [0.25, 0.3) is 0 Å². The molecule has 2 aromatic heterocycles. The summed E-state index contributed by atoms with van der Waals surface area (Å²) >= 11 is 0. The molecule has 0 aliphatic rings. The number of hydrogen-bond donors (Lipinski definition) is 2. The van der Waals surface area contributed by atoms with Crippen LogP contribution in [0.5, 0.6) is 0 Å². The second-order valence-electron chi connectivity index (χ2n) is 4.08. The van der Waals surface area contributed by atoms with Crippen molar-refractivity contribution in [3.05, 3.63) is 36.3 Å². The zero-order valence-corrected chi connectivity index (χ0v) is 10.5. The van der Waals surface area contributed by atoms with Crippen LogP contribution >= 0.6 is 0 Å². The Morgan fingerprint density at radius 3 is 3.00 bits per heavy atom. The van der Waals surface area contributed by atoms with Gasteiger partial charge in [0.25, 0.3) is 0 Å². The summed E-state index contributed by atoms with van der Waals surface area (Å²) in [5.41, 5.74) is 6.44. The molecule has 0 atom stereocenters. The van der Waals surface area contributed by atoms with E-state index in [9.17, 15) is 0 Å². The molecular weight excluding hydrogens is 228 g/mol. The molecule has 0 bridgehead atoms. The third kappa shape index (κ3) is 3.53. The summed E-state index contributed by atoms with van der Waals surface area (Å²) in [5.74, 6) is 1.59. The highest BCUT2D eigenvalue weighted by Crippen LogP contribution is 2.06. The topological polar surface area (TPSA) is 81.6 Å². The molecule has 0 fully saturated rings. The van der Waals surface area contributed by atoms with Gasteiger partial charge in [0.1, 0.15) is 11.6 Å². The second-order valence-corrected chi connectivity index (χ2v) is 4.08. The molecule has 0 radical (unpaired) electrons. The van der Waals surface area contributed by atoms with Gasteiger partial charge in [-0.1, -0.05) is 0 Å². The average molecular weight is 246 g/mol. The van der Waals surface area contributed by atoms with E-state index in [0.717, 1.165) is 36.8 Å². The minimum Gasteiger partial charge on any atom is -0.370 e. The molecular formula is C12H18N6. The van der Waals surface area contributed by atoms with Gasteiger partial charge in [0.05, 0.1) is 12.0 Å². The second kappa shape index (κ2) is 6.11. The van der Waals surface area contributed by atoms with E-state index in [4.69, 9.17) is 5.73 Å². The molecule has 18 heavy (non-hydrogen) atoms. The molecule has 0 spiro atoms. The molecule has 0 aliphatic heterocycles. The zero-order valence-electron chi connectivity index (χ0n) is 10.5. The number of rotatable bonds is 6. The van der Waals surface area contributed by atoms with Gasteiger partial charge in [0.15, 0.2) is 0 Å². The van der Waals surface area contributed by atoms with Crippen molar-refractivity contribution in [2.45, 2.75) is 26.4 Å². The predicted octanol–water partition coefficient (Wildman–Crippen LogP) is 0.942. The molecule has 6 heteroatoms. The Bertz CT molecular complexity index is 479. The highest BCUT2D eigenvalue weighted by Gasteiger charge is 2.00. The lowest BCUT2D eigenvalue weighted by atomic mass is 10.3. The highest BCUT2D eigenvalue weighted by atomic mass is 15.0. The number of hydrogen-bond acceptors (Lipinski definition) is 5. The van der Waals surface area contributed by atoms with E-state index in [0.29, 0.717) is 6.54 Å². The molecule has 0 unspecified atom stereocenters. The average Bonchev–Trinajstić information content (AvgIpc) is 2.87. The van der Waals surface area contributed by atoms with Gasteiger partial charge in [-0.3, -0.25) is 0 Å². The van der Waals surface area contributed by atoms with E-state index < -0.39 is 0 Å². The number of aryl methyl sites for hydroxylation is 2. The van der Waals surface area contributed by atoms with E-state index in [1.165, 1.54) is 0 Å². The van der Waals surface area contributed by atoms with Gasteiger partial charge in [-0.25, -0.2) is 15.0 Å². The number of nitrogens with zero attached hydrogens (tertiary/aromatic N) is 4. The first-order valence-electron chi connectivity index (χ1n) is 6.02. The van der Waals surface area contributed by atoms with Gasteiger partial charge in [0, 0.05) is 38.1 Å². The summed E-state index contributed by atoms with van der Waals surface area (Å²) in [7, 11) is 0. The highest BCUT2D eigenvalue weighted by molar-refractivity contribution is 5.35. The summed E-state index contributed by atoms with van der Waals surface area (Å²) in [6, 6.07) is 1.89. The van der Waals surface area contributed by atoms with Crippen LogP contribution in [0.3, 0.4) is 0 Å². The third-order valence-electron chi connectivity index (χ3n) is 2.56. The molecule has 0 amide bonds. The summed E-state index contributed by atoms with van der Waals surface area (Å²) in [4.78, 5) is 12.6. The van der Waals surface area contributed by atoms with Crippen molar-refractivity contribution in [2.24, 2.45) is 5.73 Å². The maximum absolute atomic E-state index is 5.58. The summed E-state index contributed by atoms with van der Waals surface area (Å²) in [6.07, 6.45) is 6.58. The monoisotopic (exact) mass is 246 g/mol. The lowest BCUT2D eigenvalue weighted by molar-refractivity contribution is 0.659. The maximum atomic E-state index is 5.58. The molecule has 6 nitrogen and oxygen atoms in total. The lowest BCUT2D eigenvalue weighted by Gasteiger charge is -2.08. The van der Waals surface area contributed by atoms with Crippen molar-refractivity contribution in [3.63, 3.8) is 0 Å². The standard InChI is InChI=1S/C12H18N6/c1-10-16-11(8-13)7-12(17-10)15-3-2-5-18-6-4-14-9-18/h4,6-7,9H,2-3,5,8,13H2,1H3,(H,15,16,17). The summed E-state index contributed by atoms with van der Waals surface area (Å²) in [5, 5.41) is 3.28. The minimum atomic E-state index is 0.438. The Kier molecular flexibility index (Phi) is 4.25. The predicted molar refractivity (Wildman–Crippen MR) is 70.0 cm³/mol. The van der Waals surface area contributed by atoms with Gasteiger partial charge in [-0.05, 0) is 13.3 Å². The number of imidazole rings is 1. The molecule has 0 saturated carbocycles. The Hall–Kier alpha value is -1.95.